The van der Waals surface area contributed by atoms with Crippen molar-refractivity contribution >= 4 is 27.9 Å². The molecule has 2 fully saturated rings. The van der Waals surface area contributed by atoms with Crippen LogP contribution in [-0.2, 0) is 6.54 Å². The van der Waals surface area contributed by atoms with Gasteiger partial charge in [0.15, 0.2) is 0 Å². The van der Waals surface area contributed by atoms with E-state index >= 15 is 0 Å². The number of aliphatic imine (C=N–C) groups is 2. The van der Waals surface area contributed by atoms with Crippen LogP contribution in [0.2, 0.25) is 0 Å². The highest BCUT2D eigenvalue weighted by atomic mass is 79.9. The number of pyridine rings is 1. The normalized spacial score (nSPS) is 24.1. The van der Waals surface area contributed by atoms with Crippen molar-refractivity contribution in [2.45, 2.75) is 51.6 Å². The molecule has 1 atom stereocenters. The second kappa shape index (κ2) is 9.81. The Morgan fingerprint density at radius 1 is 1.34 bits per heavy atom. The molecule has 5 nitrogen and oxygen atoms in total. The first-order valence-corrected chi connectivity index (χ1v) is 11.5. The zero-order chi connectivity index (χ0) is 20.1. The zero-order valence-corrected chi connectivity index (χ0v) is 18.7. The molecule has 3 heterocycles. The molecular weight excluding hydrogens is 426 g/mol. The Morgan fingerprint density at radius 3 is 2.93 bits per heavy atom. The smallest absolute Gasteiger partial charge is 0.0824 e. The quantitative estimate of drug-likeness (QED) is 0.616. The van der Waals surface area contributed by atoms with E-state index in [1.54, 1.807) is 0 Å². The molecule has 4 rings (SSSR count). The lowest BCUT2D eigenvalue weighted by Crippen LogP contribution is -2.47. The Hall–Kier alpha value is -1.79. The lowest BCUT2D eigenvalue weighted by atomic mass is 9.86. The number of aromatic nitrogens is 1. The van der Waals surface area contributed by atoms with Crippen molar-refractivity contribution in [3.05, 3.63) is 52.0 Å². The first-order valence-electron chi connectivity index (χ1n) is 10.7. The van der Waals surface area contributed by atoms with Crippen LogP contribution >= 0.6 is 15.9 Å². The molecule has 1 aromatic heterocycles. The van der Waals surface area contributed by atoms with Gasteiger partial charge in [0, 0.05) is 55.1 Å². The Bertz CT molecular complexity index is 823. The molecule has 2 aliphatic heterocycles. The molecule has 0 aromatic carbocycles. The van der Waals surface area contributed by atoms with Gasteiger partial charge in [-0.15, -0.1) is 0 Å². The van der Waals surface area contributed by atoms with Gasteiger partial charge in [0.1, 0.15) is 0 Å². The van der Waals surface area contributed by atoms with Crippen molar-refractivity contribution in [3.8, 4) is 0 Å². The number of halogens is 1. The number of rotatable bonds is 7. The molecule has 29 heavy (non-hydrogen) atoms. The first-order chi connectivity index (χ1) is 14.2. The number of allylic oxidation sites excluding steroid dienone is 3. The van der Waals surface area contributed by atoms with Gasteiger partial charge in [-0.05, 0) is 72.8 Å². The fraction of sp³-hybridized carbons (Fsp3) is 0.522. The van der Waals surface area contributed by atoms with Gasteiger partial charge < -0.3 is 5.32 Å². The van der Waals surface area contributed by atoms with Crippen LogP contribution in [0.1, 0.15) is 44.6 Å². The topological polar surface area (TPSA) is 52.9 Å². The summed E-state index contributed by atoms with van der Waals surface area (Å²) in [6.07, 6.45) is 14.4. The van der Waals surface area contributed by atoms with Crippen molar-refractivity contribution < 1.29 is 0 Å². The Balaban J connectivity index is 1.50. The standard InChI is InChI=1S/C23H30BrN5/c1-17(27-13-18-5-3-9-25-12-18)11-22(28-23-15-26-14-21(23)24)19-6-4-10-29(16-19)20-7-2-8-20/h3,5,9,11-12,14,19-20,27H,2,4,6-8,10,13,15-16H2,1H3/b17-11+,28-22+. The van der Waals surface area contributed by atoms with E-state index in [9.17, 15) is 0 Å². The first kappa shape index (κ1) is 20.5. The van der Waals surface area contributed by atoms with Crippen LogP contribution in [0.25, 0.3) is 0 Å². The average Bonchev–Trinajstić information content (AvgIpc) is 3.10. The minimum atomic E-state index is 0.480. The maximum absolute atomic E-state index is 5.08. The summed E-state index contributed by atoms with van der Waals surface area (Å²) in [6, 6.07) is 4.87. The van der Waals surface area contributed by atoms with Crippen LogP contribution in [0.3, 0.4) is 0 Å². The van der Waals surface area contributed by atoms with Gasteiger partial charge in [0.25, 0.3) is 0 Å². The van der Waals surface area contributed by atoms with E-state index in [1.807, 2.05) is 24.7 Å². The Kier molecular flexibility index (Phi) is 6.93. The molecule has 0 bridgehead atoms. The monoisotopic (exact) mass is 455 g/mol. The molecule has 0 amide bonds. The number of nitrogens with zero attached hydrogens (tertiary/aromatic N) is 4. The second-order valence-corrected chi connectivity index (χ2v) is 9.12. The van der Waals surface area contributed by atoms with Crippen molar-refractivity contribution in [1.82, 2.24) is 15.2 Å². The van der Waals surface area contributed by atoms with Crippen molar-refractivity contribution in [3.63, 3.8) is 0 Å². The van der Waals surface area contributed by atoms with Gasteiger partial charge in [-0.3, -0.25) is 19.9 Å². The number of nitrogens with one attached hydrogen (secondary N) is 1. The zero-order valence-electron chi connectivity index (χ0n) is 17.1. The van der Waals surface area contributed by atoms with Crippen LogP contribution < -0.4 is 5.32 Å². The maximum atomic E-state index is 5.08. The van der Waals surface area contributed by atoms with E-state index in [0.29, 0.717) is 12.5 Å². The fourth-order valence-electron chi connectivity index (χ4n) is 4.20. The van der Waals surface area contributed by atoms with Crippen LogP contribution in [0.15, 0.2) is 56.5 Å². The summed E-state index contributed by atoms with van der Waals surface area (Å²) in [7, 11) is 0. The van der Waals surface area contributed by atoms with E-state index in [0.717, 1.165) is 35.0 Å². The van der Waals surface area contributed by atoms with Gasteiger partial charge in [-0.2, -0.15) is 0 Å². The van der Waals surface area contributed by atoms with E-state index < -0.39 is 0 Å². The summed E-state index contributed by atoms with van der Waals surface area (Å²) >= 11 is 3.61. The lowest BCUT2D eigenvalue weighted by Gasteiger charge is -2.42. The predicted octanol–water partition coefficient (Wildman–Crippen LogP) is 4.47. The Labute approximate surface area is 182 Å². The Morgan fingerprint density at radius 2 is 2.24 bits per heavy atom. The molecule has 154 valence electrons. The molecule has 1 saturated carbocycles. The maximum Gasteiger partial charge on any atom is 0.0824 e. The van der Waals surface area contributed by atoms with Gasteiger partial charge in [-0.25, -0.2) is 0 Å². The molecule has 1 saturated heterocycles. The third-order valence-corrected chi connectivity index (χ3v) is 6.77. The van der Waals surface area contributed by atoms with Gasteiger partial charge in [-0.1, -0.05) is 12.5 Å². The van der Waals surface area contributed by atoms with E-state index in [1.165, 1.54) is 49.9 Å². The molecule has 1 N–H and O–H groups in total. The van der Waals surface area contributed by atoms with Gasteiger partial charge in [0.2, 0.25) is 0 Å². The van der Waals surface area contributed by atoms with Gasteiger partial charge >= 0.3 is 0 Å². The minimum absolute atomic E-state index is 0.480. The van der Waals surface area contributed by atoms with E-state index in [4.69, 9.17) is 4.99 Å². The SMILES string of the molecule is C/C(=C\C(=N/C1=C(Br)C=NC1)C1CCCN(C2CCC2)C1)NCc1cccnc1. The summed E-state index contributed by atoms with van der Waals surface area (Å²) in [4.78, 5) is 16.3. The highest BCUT2D eigenvalue weighted by Crippen LogP contribution is 2.30. The number of likely N-dealkylation sites (tertiary alicyclic amines) is 1. The third-order valence-electron chi connectivity index (χ3n) is 6.11. The highest BCUT2D eigenvalue weighted by Gasteiger charge is 2.31. The molecule has 1 aromatic rings. The molecule has 1 aliphatic carbocycles. The molecule has 1 unspecified atom stereocenters. The molecule has 3 aliphatic rings. The lowest BCUT2D eigenvalue weighted by molar-refractivity contribution is 0.0923. The fourth-order valence-corrected chi connectivity index (χ4v) is 4.56. The average molecular weight is 456 g/mol. The molecule has 6 heteroatoms. The second-order valence-electron chi connectivity index (χ2n) is 8.26. The summed E-state index contributed by atoms with van der Waals surface area (Å²) in [5.74, 6) is 0.480. The number of hydrogen-bond donors (Lipinski definition) is 1. The van der Waals surface area contributed by atoms with Crippen LogP contribution in [0.4, 0.5) is 0 Å². The number of hydrogen-bond acceptors (Lipinski definition) is 5. The summed E-state index contributed by atoms with van der Waals surface area (Å²) in [6.45, 7) is 5.94. The molecule has 0 spiro atoms. The summed E-state index contributed by atoms with van der Waals surface area (Å²) < 4.78 is 1.01. The molecule has 0 radical (unpaired) electrons. The van der Waals surface area contributed by atoms with Crippen LogP contribution in [0.5, 0.6) is 0 Å². The van der Waals surface area contributed by atoms with E-state index in [-0.39, 0.29) is 0 Å². The summed E-state index contributed by atoms with van der Waals surface area (Å²) in [5.41, 5.74) is 4.55. The summed E-state index contributed by atoms with van der Waals surface area (Å²) in [5, 5.41) is 3.53. The van der Waals surface area contributed by atoms with Crippen molar-refractivity contribution in [2.24, 2.45) is 15.9 Å². The minimum Gasteiger partial charge on any atom is -0.384 e. The predicted molar refractivity (Wildman–Crippen MR) is 124 cm³/mol. The largest absolute Gasteiger partial charge is 0.384 e. The van der Waals surface area contributed by atoms with Crippen LogP contribution in [0, 0.1) is 5.92 Å². The molecular formula is C23H30BrN5. The number of piperidine rings is 1. The van der Waals surface area contributed by atoms with Crippen LogP contribution in [-0.4, -0.2) is 47.5 Å². The van der Waals surface area contributed by atoms with Crippen molar-refractivity contribution in [2.75, 3.05) is 19.6 Å². The van der Waals surface area contributed by atoms with Crippen molar-refractivity contribution in [1.29, 1.82) is 0 Å². The highest BCUT2D eigenvalue weighted by molar-refractivity contribution is 9.12. The van der Waals surface area contributed by atoms with E-state index in [2.05, 4.69) is 55.2 Å². The van der Waals surface area contributed by atoms with Gasteiger partial charge in [0.05, 0.1) is 16.7 Å². The third kappa shape index (κ3) is 5.43.